The Morgan fingerprint density at radius 2 is 2.00 bits per heavy atom. The summed E-state index contributed by atoms with van der Waals surface area (Å²) in [6.07, 6.45) is -4.50. The van der Waals surface area contributed by atoms with Gasteiger partial charge in [-0.3, -0.25) is 0 Å². The molecule has 0 saturated heterocycles. The average Bonchev–Trinajstić information content (AvgIpc) is 2.16. The number of nitrogens with zero attached hydrogens (tertiary/aromatic N) is 3. The summed E-state index contributed by atoms with van der Waals surface area (Å²) in [5.41, 5.74) is -0.913. The Morgan fingerprint density at radius 3 is 2.44 bits per heavy atom. The molecular weight excluding hydrogens is 239 g/mol. The predicted octanol–water partition coefficient (Wildman–Crippen LogP) is 2.90. The van der Waals surface area contributed by atoms with Crippen LogP contribution in [-0.2, 0) is 6.18 Å². The van der Waals surface area contributed by atoms with Gasteiger partial charge >= 0.3 is 6.18 Å². The van der Waals surface area contributed by atoms with Crippen LogP contribution in [0.4, 0.5) is 24.7 Å². The highest BCUT2D eigenvalue weighted by atomic mass is 32.1. The van der Waals surface area contributed by atoms with E-state index in [0.29, 0.717) is 0 Å². The van der Waals surface area contributed by atoms with Gasteiger partial charge in [0.1, 0.15) is 11.5 Å². The van der Waals surface area contributed by atoms with Gasteiger partial charge in [-0.2, -0.15) is 18.2 Å². The highest BCUT2D eigenvalue weighted by Gasteiger charge is 2.33. The lowest BCUT2D eigenvalue weighted by atomic mass is 10.3. The predicted molar refractivity (Wildman–Crippen MR) is 58.3 cm³/mol. The molecule has 0 unspecified atom stereocenters. The van der Waals surface area contributed by atoms with Gasteiger partial charge < -0.3 is 4.90 Å². The number of alkyl halides is 3. The highest BCUT2D eigenvalue weighted by Crippen LogP contribution is 2.32. The quantitative estimate of drug-likeness (QED) is 0.594. The number of halogens is 3. The van der Waals surface area contributed by atoms with Gasteiger partial charge in [0.15, 0.2) is 0 Å². The first-order chi connectivity index (χ1) is 7.34. The smallest absolute Gasteiger partial charge is 0.363 e. The lowest BCUT2D eigenvalue weighted by molar-refractivity contribution is -0.141. The van der Waals surface area contributed by atoms with Crippen LogP contribution in [0.5, 0.6) is 0 Å². The molecule has 1 heterocycles. The van der Waals surface area contributed by atoms with Crippen LogP contribution in [-0.4, -0.2) is 24.2 Å². The minimum absolute atomic E-state index is 0.0843. The fourth-order valence-electron chi connectivity index (χ4n) is 0.994. The van der Waals surface area contributed by atoms with Gasteiger partial charge in [-0.1, -0.05) is 0 Å². The molecule has 0 aliphatic heterocycles. The molecule has 0 aromatic carbocycles. The van der Waals surface area contributed by atoms with Crippen LogP contribution in [0.1, 0.15) is 5.69 Å². The van der Waals surface area contributed by atoms with Gasteiger partial charge in [0.2, 0.25) is 0 Å². The summed E-state index contributed by atoms with van der Waals surface area (Å²) in [7, 11) is 3.18. The van der Waals surface area contributed by atoms with E-state index in [2.05, 4.69) is 22.2 Å². The Kier molecular flexibility index (Phi) is 3.62. The van der Waals surface area contributed by atoms with Gasteiger partial charge in [0, 0.05) is 20.2 Å². The summed E-state index contributed by atoms with van der Waals surface area (Å²) in [6, 6.07) is 2.22. The Morgan fingerprint density at radius 1 is 1.38 bits per heavy atom. The van der Waals surface area contributed by atoms with Gasteiger partial charge in [0.05, 0.1) is 10.8 Å². The second-order valence-corrected chi connectivity index (χ2v) is 3.35. The van der Waals surface area contributed by atoms with E-state index < -0.39 is 11.9 Å². The molecule has 1 aromatic heterocycles. The van der Waals surface area contributed by atoms with Gasteiger partial charge in [-0.05, 0) is 18.3 Å². The minimum atomic E-state index is -4.50. The van der Waals surface area contributed by atoms with Crippen molar-refractivity contribution in [3.63, 3.8) is 0 Å². The second-order valence-electron chi connectivity index (χ2n) is 3.16. The van der Waals surface area contributed by atoms with Crippen molar-refractivity contribution in [2.24, 2.45) is 4.99 Å². The first-order valence-electron chi connectivity index (χ1n) is 4.19. The van der Waals surface area contributed by atoms with Crippen LogP contribution >= 0.6 is 12.2 Å². The monoisotopic (exact) mass is 247 g/mol. The van der Waals surface area contributed by atoms with Crippen molar-refractivity contribution >= 4 is 28.9 Å². The molecule has 0 amide bonds. The average molecular weight is 247 g/mol. The zero-order valence-corrected chi connectivity index (χ0v) is 9.35. The van der Waals surface area contributed by atoms with Crippen LogP contribution in [0.3, 0.4) is 0 Å². The topological polar surface area (TPSA) is 28.5 Å². The summed E-state index contributed by atoms with van der Waals surface area (Å²) in [5.74, 6) is 0.166. The fourth-order valence-corrected chi connectivity index (χ4v) is 1.10. The fraction of sp³-hybridized carbons (Fsp3) is 0.333. The van der Waals surface area contributed by atoms with Crippen LogP contribution in [0.2, 0.25) is 0 Å². The number of rotatable bonds is 2. The van der Waals surface area contributed by atoms with Crippen LogP contribution in [0.15, 0.2) is 17.1 Å². The zero-order valence-electron chi connectivity index (χ0n) is 8.54. The molecule has 7 heteroatoms. The Balaban J connectivity index is 3.35. The SMILES string of the molecule is CN(C)c1cc(N=C=S)cc(C(F)(F)F)n1. The zero-order chi connectivity index (χ0) is 12.3. The number of hydrogen-bond acceptors (Lipinski definition) is 4. The molecule has 0 spiro atoms. The third-order valence-corrected chi connectivity index (χ3v) is 1.81. The van der Waals surface area contributed by atoms with E-state index >= 15 is 0 Å². The largest absolute Gasteiger partial charge is 0.433 e. The van der Waals surface area contributed by atoms with Crippen molar-refractivity contribution in [2.75, 3.05) is 19.0 Å². The third kappa shape index (κ3) is 3.01. The Labute approximate surface area is 95.6 Å². The van der Waals surface area contributed by atoms with Crippen LogP contribution in [0, 0.1) is 0 Å². The summed E-state index contributed by atoms with van der Waals surface area (Å²) in [6.45, 7) is 0. The highest BCUT2D eigenvalue weighted by molar-refractivity contribution is 7.78. The van der Waals surface area contributed by atoms with Crippen LogP contribution < -0.4 is 4.90 Å². The van der Waals surface area contributed by atoms with E-state index in [9.17, 15) is 13.2 Å². The molecule has 0 N–H and O–H groups in total. The molecule has 3 nitrogen and oxygen atoms in total. The number of aliphatic imine (C=N–C) groups is 1. The van der Waals surface area contributed by atoms with Crippen molar-refractivity contribution in [3.8, 4) is 0 Å². The third-order valence-electron chi connectivity index (χ3n) is 1.72. The lowest BCUT2D eigenvalue weighted by Crippen LogP contribution is -2.14. The molecular formula is C9H8F3N3S. The molecule has 1 aromatic rings. The number of pyridine rings is 1. The second kappa shape index (κ2) is 4.59. The van der Waals surface area contributed by atoms with Gasteiger partial charge in [-0.15, -0.1) is 0 Å². The van der Waals surface area contributed by atoms with Gasteiger partial charge in [-0.25, -0.2) is 4.98 Å². The van der Waals surface area contributed by atoms with Crippen molar-refractivity contribution in [1.82, 2.24) is 4.98 Å². The van der Waals surface area contributed by atoms with Crippen molar-refractivity contribution in [1.29, 1.82) is 0 Å². The van der Waals surface area contributed by atoms with E-state index in [1.807, 2.05) is 5.16 Å². The Bertz CT molecular complexity index is 436. The summed E-state index contributed by atoms with van der Waals surface area (Å²) in [4.78, 5) is 8.44. The number of hydrogen-bond donors (Lipinski definition) is 0. The van der Waals surface area contributed by atoms with E-state index in [4.69, 9.17) is 0 Å². The number of thiocarbonyl (C=S) groups is 1. The molecule has 16 heavy (non-hydrogen) atoms. The van der Waals surface area contributed by atoms with Gasteiger partial charge in [0.25, 0.3) is 0 Å². The van der Waals surface area contributed by atoms with E-state index in [-0.39, 0.29) is 11.5 Å². The molecule has 0 atom stereocenters. The molecule has 0 bridgehead atoms. The first-order valence-corrected chi connectivity index (χ1v) is 4.60. The van der Waals surface area contributed by atoms with E-state index in [0.717, 1.165) is 6.07 Å². The van der Waals surface area contributed by atoms with E-state index in [1.165, 1.54) is 11.0 Å². The maximum atomic E-state index is 12.5. The van der Waals surface area contributed by atoms with Crippen molar-refractivity contribution in [2.45, 2.75) is 6.18 Å². The number of isothiocyanates is 1. The molecule has 86 valence electrons. The minimum Gasteiger partial charge on any atom is -0.363 e. The standard InChI is InChI=1S/C9H8F3N3S/c1-15(2)8-4-6(13-5-16)3-7(14-8)9(10,11)12/h3-4H,1-2H3. The number of anilines is 1. The molecule has 0 aliphatic rings. The summed E-state index contributed by atoms with van der Waals surface area (Å²) < 4.78 is 37.4. The lowest BCUT2D eigenvalue weighted by Gasteiger charge is -2.14. The normalized spacial score (nSPS) is 10.8. The number of aromatic nitrogens is 1. The van der Waals surface area contributed by atoms with Crippen LogP contribution in [0.25, 0.3) is 0 Å². The Hall–Kier alpha value is -1.46. The molecule has 0 saturated carbocycles. The molecule has 0 radical (unpaired) electrons. The van der Waals surface area contributed by atoms with E-state index in [1.54, 1.807) is 14.1 Å². The summed E-state index contributed by atoms with van der Waals surface area (Å²) in [5, 5.41) is 2.02. The van der Waals surface area contributed by atoms with Crippen molar-refractivity contribution in [3.05, 3.63) is 17.8 Å². The van der Waals surface area contributed by atoms with Crippen molar-refractivity contribution < 1.29 is 13.2 Å². The molecule has 1 rings (SSSR count). The summed E-state index contributed by atoms with van der Waals surface area (Å²) >= 11 is 4.35. The maximum Gasteiger partial charge on any atom is 0.433 e. The maximum absolute atomic E-state index is 12.5. The first kappa shape index (κ1) is 12.6. The molecule has 0 aliphatic carbocycles. The molecule has 0 fully saturated rings.